The summed E-state index contributed by atoms with van der Waals surface area (Å²) in [4.78, 5) is 63.1. The second kappa shape index (κ2) is 15.1. The van der Waals surface area contributed by atoms with Crippen LogP contribution in [0.25, 0.3) is 10.4 Å². The Morgan fingerprint density at radius 2 is 1.63 bits per heavy atom. The number of nitro benzene ring substituents is 2. The molecule has 0 aliphatic carbocycles. The van der Waals surface area contributed by atoms with Crippen LogP contribution in [0.2, 0.25) is 0 Å². The largest absolute Gasteiger partial charge is 0.456 e. The summed E-state index contributed by atoms with van der Waals surface area (Å²) in [5, 5.41) is 35.9. The number of nitrogens with zero attached hydrogens (tertiary/aromatic N) is 5. The molecule has 18 heteroatoms. The molecule has 2 aliphatic heterocycles. The number of non-ortho nitro benzene ring substituents is 2. The number of benzene rings is 2. The van der Waals surface area contributed by atoms with E-state index in [0.717, 1.165) is 14.7 Å². The van der Waals surface area contributed by atoms with Crippen molar-refractivity contribution < 1.29 is 43.4 Å². The molecule has 272 valence electrons. The molecular formula is C34H35N6O10S2+. The van der Waals surface area contributed by atoms with E-state index < -0.39 is 40.0 Å². The molecule has 0 radical (unpaired) electrons. The number of thioether (sulfide) groups is 1. The fourth-order valence-electron chi connectivity index (χ4n) is 6.45. The molecule has 1 fully saturated rings. The number of thiazole rings is 1. The van der Waals surface area contributed by atoms with Gasteiger partial charge in [-0.3, -0.25) is 25.0 Å². The number of aliphatic hydroxyl groups excluding tert-OH is 1. The van der Waals surface area contributed by atoms with E-state index in [-0.39, 0.29) is 42.1 Å². The first-order valence-corrected chi connectivity index (χ1v) is 18.1. The van der Waals surface area contributed by atoms with Gasteiger partial charge in [-0.15, -0.1) is 0 Å². The summed E-state index contributed by atoms with van der Waals surface area (Å²) >= 11 is 3.07. The van der Waals surface area contributed by atoms with Crippen LogP contribution in [0.15, 0.2) is 71.8 Å². The van der Waals surface area contributed by atoms with Crippen LogP contribution in [0.1, 0.15) is 36.3 Å². The molecule has 2 aliphatic rings. The molecule has 2 aromatic heterocycles. The number of β-lactam (4-membered cyclic amide) rings is 1. The minimum atomic E-state index is -0.902. The van der Waals surface area contributed by atoms with Crippen LogP contribution < -0.4 is 9.88 Å². The van der Waals surface area contributed by atoms with Crippen molar-refractivity contribution in [1.29, 1.82) is 0 Å². The summed E-state index contributed by atoms with van der Waals surface area (Å²) in [7, 11) is 1.92. The lowest BCUT2D eigenvalue weighted by Crippen LogP contribution is -2.63. The lowest BCUT2D eigenvalue weighted by atomic mass is 9.77. The number of esters is 1. The van der Waals surface area contributed by atoms with Gasteiger partial charge in [-0.25, -0.2) is 14.2 Å². The van der Waals surface area contributed by atoms with Crippen molar-refractivity contribution in [3.63, 3.8) is 0 Å². The van der Waals surface area contributed by atoms with E-state index in [1.165, 1.54) is 64.8 Å². The van der Waals surface area contributed by atoms with Gasteiger partial charge in [-0.1, -0.05) is 30.0 Å². The summed E-state index contributed by atoms with van der Waals surface area (Å²) in [6.07, 6.45) is 2.97. The number of imidazole rings is 1. The standard InChI is InChI=1S/C34H34N6O10S2/c1-19-26(29(38-28(19)27(20(2)41)30(38)42)33(43)49-16-21-5-9-23(10-6-21)39(45)46)25-15-37-18-36(3)31(32(37)52-25)51-14-4-13-35-34(44)50-17-22-7-11-24(12-8-22)40(47)48/h5-12,15,18-20,27-28,41H,4,13-14,16-17H2,1-3H3/p+1/t19-,20+,27+,28+/m0/s1. The van der Waals surface area contributed by atoms with Gasteiger partial charge in [-0.2, -0.15) is 4.40 Å². The van der Waals surface area contributed by atoms with Gasteiger partial charge < -0.3 is 24.8 Å². The van der Waals surface area contributed by atoms with Crippen LogP contribution in [0.3, 0.4) is 0 Å². The fraction of sp³-hybridized carbons (Fsp3) is 0.353. The van der Waals surface area contributed by atoms with Crippen molar-refractivity contribution in [3.05, 3.63) is 103 Å². The van der Waals surface area contributed by atoms with Crippen molar-refractivity contribution in [2.45, 2.75) is 50.7 Å². The second-order valence-corrected chi connectivity index (χ2v) is 14.6. The predicted molar refractivity (Wildman–Crippen MR) is 188 cm³/mol. The van der Waals surface area contributed by atoms with Gasteiger partial charge in [0.1, 0.15) is 25.1 Å². The van der Waals surface area contributed by atoms with E-state index >= 15 is 0 Å². The number of alkyl carbamates (subject to hydrolysis) is 1. The molecule has 52 heavy (non-hydrogen) atoms. The Kier molecular flexibility index (Phi) is 10.6. The first-order valence-electron chi connectivity index (χ1n) is 16.3. The Labute approximate surface area is 304 Å². The minimum Gasteiger partial charge on any atom is -0.456 e. The van der Waals surface area contributed by atoms with Crippen LogP contribution in [0.4, 0.5) is 16.2 Å². The van der Waals surface area contributed by atoms with Crippen molar-refractivity contribution in [2.24, 2.45) is 18.9 Å². The molecule has 1 saturated heterocycles. The third-order valence-corrected chi connectivity index (χ3v) is 11.5. The Morgan fingerprint density at radius 3 is 2.21 bits per heavy atom. The number of rotatable bonds is 14. The number of aromatic nitrogens is 2. The molecule has 16 nitrogen and oxygen atoms in total. The topological polar surface area (TPSA) is 200 Å². The van der Waals surface area contributed by atoms with Crippen LogP contribution in [0, 0.1) is 32.1 Å². The Hall–Kier alpha value is -5.33. The molecule has 0 saturated carbocycles. The monoisotopic (exact) mass is 751 g/mol. The number of carbonyl (C=O) groups excluding carboxylic acids is 3. The molecule has 0 bridgehead atoms. The SMILES string of the molecule is C[C@@H](O)[C@H]1C(=O)N2C(C(=O)OCc3ccc([N+](=O)[O-])cc3)=C(c3cn4c[n+](C)c(SCCCNC(=O)OCc5ccc([N+](=O)[O-])cc5)c4s3)[C@H](C)[C@H]12. The summed E-state index contributed by atoms with van der Waals surface area (Å²) in [6.45, 7) is 3.70. The molecule has 0 unspecified atom stereocenters. The maximum atomic E-state index is 13.7. The molecule has 4 aromatic rings. The average molecular weight is 752 g/mol. The molecule has 4 heterocycles. The summed E-state index contributed by atoms with van der Waals surface area (Å²) in [5.41, 5.74) is 1.84. The lowest BCUT2D eigenvalue weighted by Gasteiger charge is -2.46. The van der Waals surface area contributed by atoms with E-state index in [1.54, 1.807) is 18.7 Å². The van der Waals surface area contributed by atoms with Gasteiger partial charge >= 0.3 is 12.1 Å². The highest BCUT2D eigenvalue weighted by Gasteiger charge is 2.60. The van der Waals surface area contributed by atoms with Gasteiger partial charge in [0.25, 0.3) is 11.4 Å². The second-order valence-electron chi connectivity index (χ2n) is 12.5. The molecule has 0 spiro atoms. The van der Waals surface area contributed by atoms with Gasteiger partial charge in [0.15, 0.2) is 0 Å². The van der Waals surface area contributed by atoms with E-state index in [9.17, 15) is 39.7 Å². The zero-order valence-electron chi connectivity index (χ0n) is 28.3. The molecule has 4 atom stereocenters. The summed E-state index contributed by atoms with van der Waals surface area (Å²) in [6, 6.07) is 11.0. The Bertz CT molecular complexity index is 2080. The summed E-state index contributed by atoms with van der Waals surface area (Å²) in [5.74, 6) is -1.31. The minimum absolute atomic E-state index is 0.0154. The van der Waals surface area contributed by atoms with Crippen molar-refractivity contribution in [2.75, 3.05) is 12.3 Å². The number of ether oxygens (including phenoxy) is 2. The molecule has 6 rings (SSSR count). The summed E-state index contributed by atoms with van der Waals surface area (Å²) < 4.78 is 14.8. The van der Waals surface area contributed by atoms with Crippen LogP contribution in [-0.4, -0.2) is 66.7 Å². The number of carbonyl (C=O) groups is 3. The predicted octanol–water partition coefficient (Wildman–Crippen LogP) is 4.36. The zero-order valence-corrected chi connectivity index (χ0v) is 29.9. The Balaban J connectivity index is 1.12. The van der Waals surface area contributed by atoms with E-state index in [1.807, 2.05) is 35.5 Å². The molecular weight excluding hydrogens is 717 g/mol. The first-order chi connectivity index (χ1) is 24.8. The smallest absolute Gasteiger partial charge is 0.407 e. The van der Waals surface area contributed by atoms with E-state index in [4.69, 9.17) is 9.47 Å². The Morgan fingerprint density at radius 1 is 1.04 bits per heavy atom. The third-order valence-electron chi connectivity index (χ3n) is 8.99. The van der Waals surface area contributed by atoms with Gasteiger partial charge in [0.05, 0.1) is 39.8 Å². The number of aliphatic hydroxyl groups is 1. The lowest BCUT2D eigenvalue weighted by molar-refractivity contribution is -0.705. The van der Waals surface area contributed by atoms with E-state index in [0.29, 0.717) is 35.4 Å². The number of hydrogen-bond acceptors (Lipinski definition) is 12. The maximum Gasteiger partial charge on any atom is 0.407 e. The maximum absolute atomic E-state index is 13.7. The number of hydrogen-bond donors (Lipinski definition) is 2. The number of amides is 2. The molecule has 2 aromatic carbocycles. The van der Waals surface area contributed by atoms with Crippen LogP contribution in [0.5, 0.6) is 0 Å². The highest BCUT2D eigenvalue weighted by atomic mass is 32.2. The van der Waals surface area contributed by atoms with Crippen molar-refractivity contribution >= 4 is 62.8 Å². The van der Waals surface area contributed by atoms with Gasteiger partial charge in [0, 0.05) is 48.1 Å². The van der Waals surface area contributed by atoms with Gasteiger partial charge in [0.2, 0.25) is 22.1 Å². The highest BCUT2D eigenvalue weighted by molar-refractivity contribution is 7.99. The quantitative estimate of drug-likeness (QED) is 0.0353. The zero-order chi connectivity index (χ0) is 37.3. The number of fused-ring (bicyclic) bond motifs is 2. The number of nitrogens with one attached hydrogen (secondary N) is 1. The van der Waals surface area contributed by atoms with E-state index in [2.05, 4.69) is 5.32 Å². The normalized spacial score (nSPS) is 18.6. The molecule has 2 amide bonds. The number of aryl methyl sites for hydroxylation is 1. The average Bonchev–Trinajstić information content (AvgIpc) is 3.72. The van der Waals surface area contributed by atoms with Crippen molar-refractivity contribution in [1.82, 2.24) is 14.6 Å². The number of nitro groups is 2. The highest BCUT2D eigenvalue weighted by Crippen LogP contribution is 2.52. The van der Waals surface area contributed by atoms with Crippen molar-refractivity contribution in [3.8, 4) is 0 Å². The molecule has 2 N–H and O–H groups in total. The van der Waals surface area contributed by atoms with Crippen LogP contribution >= 0.6 is 23.1 Å². The fourth-order valence-corrected chi connectivity index (χ4v) is 8.91. The first kappa shape index (κ1) is 36.5. The third kappa shape index (κ3) is 7.21. The van der Waals surface area contributed by atoms with Gasteiger partial charge in [-0.05, 0) is 48.7 Å². The van der Waals surface area contributed by atoms with Crippen LogP contribution in [-0.2, 0) is 39.3 Å².